The van der Waals surface area contributed by atoms with Crippen molar-refractivity contribution in [1.82, 2.24) is 10.6 Å². The molecule has 1 aliphatic heterocycles. The van der Waals surface area contributed by atoms with Gasteiger partial charge in [0, 0.05) is 13.1 Å². The molecule has 2 atom stereocenters. The van der Waals surface area contributed by atoms with Crippen molar-refractivity contribution in [2.24, 2.45) is 5.92 Å². The quantitative estimate of drug-likeness (QED) is 0.628. The third kappa shape index (κ3) is 4.94. The topological polar surface area (TPSA) is 33.3 Å². The molecule has 0 aromatic carbocycles. The van der Waals surface area contributed by atoms with Gasteiger partial charge in [-0.1, -0.05) is 20.3 Å². The van der Waals surface area contributed by atoms with Gasteiger partial charge < -0.3 is 15.4 Å². The Morgan fingerprint density at radius 3 is 3.07 bits per heavy atom. The van der Waals surface area contributed by atoms with Gasteiger partial charge in [-0.2, -0.15) is 0 Å². The van der Waals surface area contributed by atoms with Gasteiger partial charge in [0.05, 0.1) is 12.7 Å². The number of hydrogen-bond acceptors (Lipinski definition) is 3. The highest BCUT2D eigenvalue weighted by molar-refractivity contribution is 4.68. The predicted octanol–water partition coefficient (Wildman–Crippen LogP) is 1.00. The number of rotatable bonds is 6. The summed E-state index contributed by atoms with van der Waals surface area (Å²) in [7, 11) is 0. The second-order valence-corrected chi connectivity index (χ2v) is 4.20. The Kier molecular flexibility index (Phi) is 6.15. The molecule has 1 rings (SSSR count). The molecule has 1 fully saturated rings. The van der Waals surface area contributed by atoms with E-state index in [1.165, 1.54) is 6.42 Å². The summed E-state index contributed by atoms with van der Waals surface area (Å²) in [4.78, 5) is 0. The SMILES string of the molecule is CCC(C)CNCCC1CNCCO1. The van der Waals surface area contributed by atoms with Crippen molar-refractivity contribution in [3.8, 4) is 0 Å². The first-order valence-corrected chi connectivity index (χ1v) is 5.86. The standard InChI is InChI=1S/C11H24N2O/c1-3-10(2)8-12-5-4-11-9-13-6-7-14-11/h10-13H,3-9H2,1-2H3. The van der Waals surface area contributed by atoms with Gasteiger partial charge in [-0.05, 0) is 25.4 Å². The number of nitrogens with one attached hydrogen (secondary N) is 2. The van der Waals surface area contributed by atoms with Crippen LogP contribution in [-0.4, -0.2) is 38.9 Å². The van der Waals surface area contributed by atoms with Crippen LogP contribution in [0.3, 0.4) is 0 Å². The van der Waals surface area contributed by atoms with E-state index in [1.54, 1.807) is 0 Å². The molecule has 1 aliphatic rings. The zero-order valence-corrected chi connectivity index (χ0v) is 9.51. The van der Waals surface area contributed by atoms with Crippen LogP contribution >= 0.6 is 0 Å². The predicted molar refractivity (Wildman–Crippen MR) is 59.6 cm³/mol. The fourth-order valence-electron chi connectivity index (χ4n) is 1.56. The van der Waals surface area contributed by atoms with Crippen LogP contribution < -0.4 is 10.6 Å². The van der Waals surface area contributed by atoms with Gasteiger partial charge in [-0.15, -0.1) is 0 Å². The molecular formula is C11H24N2O. The molecule has 0 bridgehead atoms. The summed E-state index contributed by atoms with van der Waals surface area (Å²) in [5.41, 5.74) is 0. The molecule has 84 valence electrons. The van der Waals surface area contributed by atoms with Crippen LogP contribution in [0.1, 0.15) is 26.7 Å². The third-order valence-electron chi connectivity index (χ3n) is 2.84. The molecule has 3 nitrogen and oxygen atoms in total. The van der Waals surface area contributed by atoms with E-state index in [9.17, 15) is 0 Å². The molecule has 0 radical (unpaired) electrons. The smallest absolute Gasteiger partial charge is 0.0712 e. The summed E-state index contributed by atoms with van der Waals surface area (Å²) in [5, 5.41) is 6.82. The van der Waals surface area contributed by atoms with E-state index in [2.05, 4.69) is 24.5 Å². The van der Waals surface area contributed by atoms with E-state index in [4.69, 9.17) is 4.74 Å². The fourth-order valence-corrected chi connectivity index (χ4v) is 1.56. The summed E-state index contributed by atoms with van der Waals surface area (Å²) in [6, 6.07) is 0. The Labute approximate surface area is 87.6 Å². The van der Waals surface area contributed by atoms with E-state index in [0.29, 0.717) is 6.10 Å². The van der Waals surface area contributed by atoms with Crippen molar-refractivity contribution in [3.63, 3.8) is 0 Å². The first-order chi connectivity index (χ1) is 6.83. The molecule has 0 spiro atoms. The molecule has 2 unspecified atom stereocenters. The average Bonchev–Trinajstić information content (AvgIpc) is 2.25. The van der Waals surface area contributed by atoms with Gasteiger partial charge in [0.2, 0.25) is 0 Å². The summed E-state index contributed by atoms with van der Waals surface area (Å²) in [6.45, 7) is 9.64. The van der Waals surface area contributed by atoms with E-state index >= 15 is 0 Å². The number of morpholine rings is 1. The molecule has 0 aromatic heterocycles. The average molecular weight is 200 g/mol. The minimum Gasteiger partial charge on any atom is -0.376 e. The zero-order valence-electron chi connectivity index (χ0n) is 9.51. The lowest BCUT2D eigenvalue weighted by molar-refractivity contribution is 0.0238. The normalized spacial score (nSPS) is 24.9. The summed E-state index contributed by atoms with van der Waals surface area (Å²) in [5.74, 6) is 0.792. The van der Waals surface area contributed by atoms with E-state index in [0.717, 1.165) is 45.1 Å². The van der Waals surface area contributed by atoms with Gasteiger partial charge in [0.15, 0.2) is 0 Å². The minimum absolute atomic E-state index is 0.424. The van der Waals surface area contributed by atoms with Gasteiger partial charge in [-0.25, -0.2) is 0 Å². The van der Waals surface area contributed by atoms with Crippen LogP contribution in [0.25, 0.3) is 0 Å². The highest BCUT2D eigenvalue weighted by atomic mass is 16.5. The van der Waals surface area contributed by atoms with Crippen molar-refractivity contribution in [2.45, 2.75) is 32.8 Å². The molecule has 1 saturated heterocycles. The second-order valence-electron chi connectivity index (χ2n) is 4.20. The van der Waals surface area contributed by atoms with Crippen LogP contribution in [0.15, 0.2) is 0 Å². The first kappa shape index (κ1) is 12.0. The second kappa shape index (κ2) is 7.21. The fraction of sp³-hybridized carbons (Fsp3) is 1.00. The van der Waals surface area contributed by atoms with Gasteiger partial charge in [-0.3, -0.25) is 0 Å². The maximum Gasteiger partial charge on any atom is 0.0712 e. The summed E-state index contributed by atoms with van der Waals surface area (Å²) in [6.07, 6.45) is 2.81. The number of hydrogen-bond donors (Lipinski definition) is 2. The molecule has 0 aromatic rings. The minimum atomic E-state index is 0.424. The molecule has 0 saturated carbocycles. The lowest BCUT2D eigenvalue weighted by atomic mass is 10.1. The lowest BCUT2D eigenvalue weighted by Gasteiger charge is -2.23. The Bertz CT molecular complexity index is 135. The van der Waals surface area contributed by atoms with Crippen LogP contribution in [0.5, 0.6) is 0 Å². The molecule has 14 heavy (non-hydrogen) atoms. The van der Waals surface area contributed by atoms with Crippen molar-refractivity contribution >= 4 is 0 Å². The van der Waals surface area contributed by atoms with Gasteiger partial charge >= 0.3 is 0 Å². The first-order valence-electron chi connectivity index (χ1n) is 5.86. The zero-order chi connectivity index (χ0) is 10.2. The van der Waals surface area contributed by atoms with Gasteiger partial charge in [0.25, 0.3) is 0 Å². The maximum absolute atomic E-state index is 5.61. The Morgan fingerprint density at radius 2 is 2.43 bits per heavy atom. The van der Waals surface area contributed by atoms with Crippen molar-refractivity contribution in [3.05, 3.63) is 0 Å². The van der Waals surface area contributed by atoms with Crippen LogP contribution in [0.4, 0.5) is 0 Å². The Morgan fingerprint density at radius 1 is 1.57 bits per heavy atom. The van der Waals surface area contributed by atoms with Crippen LogP contribution in [0, 0.1) is 5.92 Å². The monoisotopic (exact) mass is 200 g/mol. The Hall–Kier alpha value is -0.120. The highest BCUT2D eigenvalue weighted by Crippen LogP contribution is 2.01. The van der Waals surface area contributed by atoms with E-state index in [1.807, 2.05) is 0 Å². The largest absolute Gasteiger partial charge is 0.376 e. The molecule has 3 heteroatoms. The van der Waals surface area contributed by atoms with Crippen LogP contribution in [0.2, 0.25) is 0 Å². The van der Waals surface area contributed by atoms with E-state index in [-0.39, 0.29) is 0 Å². The van der Waals surface area contributed by atoms with Crippen molar-refractivity contribution in [1.29, 1.82) is 0 Å². The summed E-state index contributed by atoms with van der Waals surface area (Å²) < 4.78 is 5.61. The molecule has 1 heterocycles. The number of ether oxygens (including phenoxy) is 1. The highest BCUT2D eigenvalue weighted by Gasteiger charge is 2.12. The Balaban J connectivity index is 1.92. The third-order valence-corrected chi connectivity index (χ3v) is 2.84. The van der Waals surface area contributed by atoms with Gasteiger partial charge in [0.1, 0.15) is 0 Å². The maximum atomic E-state index is 5.61. The van der Waals surface area contributed by atoms with Crippen molar-refractivity contribution in [2.75, 3.05) is 32.8 Å². The van der Waals surface area contributed by atoms with E-state index < -0.39 is 0 Å². The van der Waals surface area contributed by atoms with Crippen molar-refractivity contribution < 1.29 is 4.74 Å². The molecule has 0 aliphatic carbocycles. The molecule has 0 amide bonds. The van der Waals surface area contributed by atoms with Crippen LogP contribution in [-0.2, 0) is 4.74 Å². The molecule has 2 N–H and O–H groups in total. The summed E-state index contributed by atoms with van der Waals surface area (Å²) >= 11 is 0. The molecular weight excluding hydrogens is 176 g/mol. The lowest BCUT2D eigenvalue weighted by Crippen LogP contribution is -2.40.